The van der Waals surface area contributed by atoms with Crippen molar-refractivity contribution in [3.63, 3.8) is 0 Å². The van der Waals surface area contributed by atoms with Crippen LogP contribution >= 0.6 is 35.4 Å². The maximum absolute atomic E-state index is 8.82. The number of pyridine rings is 1. The van der Waals surface area contributed by atoms with Gasteiger partial charge in [-0.15, -0.1) is 0 Å². The van der Waals surface area contributed by atoms with Crippen molar-refractivity contribution in [3.8, 4) is 0 Å². The summed E-state index contributed by atoms with van der Waals surface area (Å²) in [6, 6.07) is 0. The summed E-state index contributed by atoms with van der Waals surface area (Å²) in [4.78, 5) is 0. The Hall–Kier alpha value is 0.750. The van der Waals surface area contributed by atoms with Crippen LogP contribution in [0.2, 0.25) is 10.0 Å². The first-order valence-corrected chi connectivity index (χ1v) is 3.54. The fourth-order valence-corrected chi connectivity index (χ4v) is 1.06. The van der Waals surface area contributed by atoms with Crippen LogP contribution in [0, 0.1) is 4.51 Å². The van der Waals surface area contributed by atoms with Crippen molar-refractivity contribution in [2.24, 2.45) is 0 Å². The third kappa shape index (κ3) is 2.93. The van der Waals surface area contributed by atoms with E-state index >= 15 is 0 Å². The smallest absolute Gasteiger partial charge is 0.0799 e. The largest absolute Gasteiger partial charge is 0.429 e. The SMILES string of the molecule is On1cc(Cl)c(=S)c(Cl)c1.[Na]. The molecule has 0 amide bonds. The number of rotatable bonds is 0. The molecule has 2 nitrogen and oxygen atoms in total. The Morgan fingerprint density at radius 2 is 1.64 bits per heavy atom. The Morgan fingerprint density at radius 3 is 2.00 bits per heavy atom. The summed E-state index contributed by atoms with van der Waals surface area (Å²) >= 11 is 15.9. The molecule has 6 heteroatoms. The van der Waals surface area contributed by atoms with Gasteiger partial charge in [-0.3, -0.25) is 0 Å². The van der Waals surface area contributed by atoms with E-state index in [9.17, 15) is 0 Å². The maximum Gasteiger partial charge on any atom is 0.0799 e. The number of aromatic nitrogens is 1. The molecule has 11 heavy (non-hydrogen) atoms. The van der Waals surface area contributed by atoms with Gasteiger partial charge in [0.05, 0.1) is 26.9 Å². The molecule has 1 heterocycles. The molecule has 0 saturated heterocycles. The minimum absolute atomic E-state index is 0. The average molecular weight is 219 g/mol. The van der Waals surface area contributed by atoms with Gasteiger partial charge in [-0.05, 0) is 0 Å². The summed E-state index contributed by atoms with van der Waals surface area (Å²) in [5.74, 6) is 0. The van der Waals surface area contributed by atoms with E-state index in [1.807, 2.05) is 0 Å². The summed E-state index contributed by atoms with van der Waals surface area (Å²) in [5, 5.41) is 9.36. The second kappa shape index (κ2) is 4.70. The minimum atomic E-state index is 0. The Bertz CT molecular complexity index is 288. The van der Waals surface area contributed by atoms with Crippen molar-refractivity contribution in [3.05, 3.63) is 26.9 Å². The van der Waals surface area contributed by atoms with Crippen LogP contribution < -0.4 is 0 Å². The maximum atomic E-state index is 8.82. The summed E-state index contributed by atoms with van der Waals surface area (Å²) < 4.78 is 1.12. The molecule has 0 fully saturated rings. The van der Waals surface area contributed by atoms with Crippen LogP contribution in [0.25, 0.3) is 0 Å². The fraction of sp³-hybridized carbons (Fsp3) is 0. The minimum Gasteiger partial charge on any atom is -0.429 e. The van der Waals surface area contributed by atoms with Crippen LogP contribution in [-0.4, -0.2) is 39.5 Å². The molecule has 0 spiro atoms. The van der Waals surface area contributed by atoms with Crippen molar-refractivity contribution >= 4 is 65.0 Å². The Labute approximate surface area is 101 Å². The third-order valence-corrected chi connectivity index (χ3v) is 2.16. The monoisotopic (exact) mass is 218 g/mol. The molecule has 1 N–H and O–H groups in total. The van der Waals surface area contributed by atoms with E-state index < -0.39 is 0 Å². The van der Waals surface area contributed by atoms with Gasteiger partial charge in [0.2, 0.25) is 0 Å². The Morgan fingerprint density at radius 1 is 1.27 bits per heavy atom. The molecule has 1 radical (unpaired) electrons. The number of hydrogen-bond donors (Lipinski definition) is 1. The second-order valence-electron chi connectivity index (χ2n) is 1.66. The summed E-state index contributed by atoms with van der Waals surface area (Å²) in [6.07, 6.45) is 2.55. The van der Waals surface area contributed by atoms with Crippen LogP contribution in [0.15, 0.2) is 12.4 Å². The van der Waals surface area contributed by atoms with Gasteiger partial charge in [0.25, 0.3) is 0 Å². The van der Waals surface area contributed by atoms with Gasteiger partial charge in [0.1, 0.15) is 0 Å². The fourth-order valence-electron chi connectivity index (χ4n) is 0.501. The Balaban J connectivity index is 0.000001000. The first kappa shape index (κ1) is 11.8. The topological polar surface area (TPSA) is 25.2 Å². The van der Waals surface area contributed by atoms with Gasteiger partial charge < -0.3 is 5.21 Å². The van der Waals surface area contributed by atoms with E-state index in [2.05, 4.69) is 0 Å². The number of hydrogen-bond acceptors (Lipinski definition) is 2. The molecule has 0 saturated carbocycles. The van der Waals surface area contributed by atoms with E-state index in [1.54, 1.807) is 0 Å². The average Bonchev–Trinajstić information content (AvgIpc) is 1.82. The van der Waals surface area contributed by atoms with Gasteiger partial charge >= 0.3 is 0 Å². The summed E-state index contributed by atoms with van der Waals surface area (Å²) in [7, 11) is 0. The predicted molar refractivity (Wildman–Crippen MR) is 48.2 cm³/mol. The van der Waals surface area contributed by atoms with Gasteiger partial charge in [0, 0.05) is 29.6 Å². The van der Waals surface area contributed by atoms with Crippen molar-refractivity contribution in [1.82, 2.24) is 4.73 Å². The molecule has 0 aliphatic rings. The third-order valence-electron chi connectivity index (χ3n) is 0.925. The molecule has 0 unspecified atom stereocenters. The zero-order valence-electron chi connectivity index (χ0n) is 5.71. The van der Waals surface area contributed by atoms with E-state index in [0.717, 1.165) is 4.73 Å². The molecule has 1 aromatic heterocycles. The molecule has 0 bridgehead atoms. The molecular formula is C5H3Cl2NNaOS. The Kier molecular flexibility index (Phi) is 5.02. The molecule has 0 aliphatic carbocycles. The molecule has 1 rings (SSSR count). The van der Waals surface area contributed by atoms with Crippen LogP contribution in [0.5, 0.6) is 0 Å². The van der Waals surface area contributed by atoms with Gasteiger partial charge in [-0.25, -0.2) is 0 Å². The van der Waals surface area contributed by atoms with Gasteiger partial charge in [-0.1, -0.05) is 35.4 Å². The zero-order valence-corrected chi connectivity index (χ0v) is 10.0. The second-order valence-corrected chi connectivity index (χ2v) is 2.89. The molecule has 0 atom stereocenters. The number of nitrogens with zero attached hydrogens (tertiary/aromatic N) is 1. The van der Waals surface area contributed by atoms with Gasteiger partial charge in [0.15, 0.2) is 0 Å². The van der Waals surface area contributed by atoms with Crippen LogP contribution in [-0.2, 0) is 0 Å². The van der Waals surface area contributed by atoms with Crippen LogP contribution in [0.3, 0.4) is 0 Å². The van der Waals surface area contributed by atoms with E-state index in [0.29, 0.717) is 4.51 Å². The van der Waals surface area contributed by atoms with Crippen molar-refractivity contribution in [2.45, 2.75) is 0 Å². The summed E-state index contributed by atoms with van der Waals surface area (Å²) in [6.45, 7) is 0. The van der Waals surface area contributed by atoms with E-state index in [1.165, 1.54) is 12.4 Å². The van der Waals surface area contributed by atoms with Gasteiger partial charge in [-0.2, -0.15) is 4.73 Å². The van der Waals surface area contributed by atoms with E-state index in [4.69, 9.17) is 40.6 Å². The molecule has 0 aliphatic heterocycles. The van der Waals surface area contributed by atoms with Crippen LogP contribution in [0.1, 0.15) is 0 Å². The quantitative estimate of drug-likeness (QED) is 0.411. The van der Waals surface area contributed by atoms with Crippen molar-refractivity contribution in [1.29, 1.82) is 0 Å². The molecular weight excluding hydrogens is 216 g/mol. The number of halogens is 2. The standard InChI is InChI=1S/C5H3Cl2NOS.Na/c6-3-1-8(9)2-4(7)5(3)10;/h1-2,9H;. The summed E-state index contributed by atoms with van der Waals surface area (Å²) in [5.41, 5.74) is 0. The normalized spacial score (nSPS) is 8.91. The zero-order chi connectivity index (χ0) is 7.72. The van der Waals surface area contributed by atoms with E-state index in [-0.39, 0.29) is 39.6 Å². The molecule has 0 aromatic carbocycles. The first-order valence-electron chi connectivity index (χ1n) is 2.38. The van der Waals surface area contributed by atoms with Crippen LogP contribution in [0.4, 0.5) is 0 Å². The predicted octanol–water partition coefficient (Wildman–Crippen LogP) is 2.38. The molecule has 55 valence electrons. The first-order chi connectivity index (χ1) is 4.61. The van der Waals surface area contributed by atoms with Crippen molar-refractivity contribution < 1.29 is 5.21 Å². The molecule has 1 aromatic rings. The van der Waals surface area contributed by atoms with Crippen molar-refractivity contribution in [2.75, 3.05) is 0 Å².